The zero-order valence-corrected chi connectivity index (χ0v) is 9.33. The number of carbonyl (C=O) groups excluding carboxylic acids is 2. The van der Waals surface area contributed by atoms with Gasteiger partial charge in [0.2, 0.25) is 11.8 Å². The average Bonchev–Trinajstić information content (AvgIpc) is 2.20. The molecule has 0 aromatic rings. The van der Waals surface area contributed by atoms with E-state index in [1.165, 1.54) is 11.8 Å². The van der Waals surface area contributed by atoms with Crippen molar-refractivity contribution in [1.29, 1.82) is 0 Å². The molecule has 0 bridgehead atoms. The number of aliphatic hydroxyl groups excluding tert-OH is 1. The summed E-state index contributed by atoms with van der Waals surface area (Å²) < 4.78 is 0. The van der Waals surface area contributed by atoms with Gasteiger partial charge in [0.1, 0.15) is 6.04 Å². The first kappa shape index (κ1) is 14.7. The molecule has 0 fully saturated rings. The van der Waals surface area contributed by atoms with Crippen molar-refractivity contribution in [2.75, 3.05) is 18.1 Å². The van der Waals surface area contributed by atoms with Crippen molar-refractivity contribution in [3.63, 3.8) is 0 Å². The maximum atomic E-state index is 11.1. The van der Waals surface area contributed by atoms with Gasteiger partial charge in [-0.3, -0.25) is 9.59 Å². The Bertz CT molecular complexity index is 271. The lowest BCUT2D eigenvalue weighted by Gasteiger charge is -2.10. The largest absolute Gasteiger partial charge is 0.480 e. The van der Waals surface area contributed by atoms with Crippen LogP contribution in [0.15, 0.2) is 0 Å². The van der Waals surface area contributed by atoms with Gasteiger partial charge in [-0.2, -0.15) is 11.8 Å². The van der Waals surface area contributed by atoms with Crippen molar-refractivity contribution in [2.45, 2.75) is 12.5 Å². The lowest BCUT2D eigenvalue weighted by atomic mass is 10.3. The number of nitrogens with one attached hydrogen (secondary N) is 1. The third-order valence-corrected chi connectivity index (χ3v) is 2.52. The first-order chi connectivity index (χ1) is 7.47. The van der Waals surface area contributed by atoms with E-state index in [2.05, 4.69) is 5.32 Å². The number of aliphatic carboxylic acids is 1. The monoisotopic (exact) mass is 250 g/mol. The molecule has 0 aliphatic heterocycles. The van der Waals surface area contributed by atoms with E-state index >= 15 is 0 Å². The molecular weight excluding hydrogens is 236 g/mol. The fraction of sp³-hybridized carbons (Fsp3) is 0.625. The van der Waals surface area contributed by atoms with Crippen LogP contribution >= 0.6 is 11.8 Å². The van der Waals surface area contributed by atoms with E-state index in [-0.39, 0.29) is 12.2 Å². The number of thioether (sulfide) groups is 1. The second-order valence-corrected chi connectivity index (χ2v) is 4.01. The number of carboxylic acid groups (broad SMARTS) is 1. The van der Waals surface area contributed by atoms with Crippen LogP contribution in [0.3, 0.4) is 0 Å². The normalized spacial score (nSPS) is 11.8. The predicted octanol–water partition coefficient (Wildman–Crippen LogP) is -1.84. The van der Waals surface area contributed by atoms with Crippen LogP contribution in [-0.4, -0.2) is 52.2 Å². The highest BCUT2D eigenvalue weighted by molar-refractivity contribution is 7.99. The highest BCUT2D eigenvalue weighted by Gasteiger charge is 2.18. The molecule has 92 valence electrons. The number of amides is 2. The standard InChI is InChI=1S/C8H14N2O5S/c9-6(12)4-16-2-1-7(13)10-5(3-11)8(14)15/h5,11H,1-4H2,(H2,9,12)(H,10,13)(H,14,15). The summed E-state index contributed by atoms with van der Waals surface area (Å²) >= 11 is 1.19. The molecule has 7 nitrogen and oxygen atoms in total. The summed E-state index contributed by atoms with van der Waals surface area (Å²) in [6.45, 7) is -0.657. The highest BCUT2D eigenvalue weighted by atomic mass is 32.2. The molecule has 0 aromatic heterocycles. The first-order valence-electron chi connectivity index (χ1n) is 4.46. The van der Waals surface area contributed by atoms with E-state index in [0.717, 1.165) is 0 Å². The molecule has 5 N–H and O–H groups in total. The summed E-state index contributed by atoms with van der Waals surface area (Å²) in [6, 6.07) is -1.28. The maximum Gasteiger partial charge on any atom is 0.328 e. The number of primary amides is 1. The zero-order valence-electron chi connectivity index (χ0n) is 8.51. The highest BCUT2D eigenvalue weighted by Crippen LogP contribution is 2.01. The van der Waals surface area contributed by atoms with Gasteiger partial charge in [0.25, 0.3) is 0 Å². The molecule has 0 aromatic carbocycles. The van der Waals surface area contributed by atoms with E-state index in [1.807, 2.05) is 0 Å². The summed E-state index contributed by atoms with van der Waals surface area (Å²) in [6.07, 6.45) is 0.0712. The van der Waals surface area contributed by atoms with Crippen LogP contribution in [0, 0.1) is 0 Å². The van der Waals surface area contributed by atoms with E-state index < -0.39 is 30.4 Å². The SMILES string of the molecule is NC(=O)CSCCC(=O)NC(CO)C(=O)O. The van der Waals surface area contributed by atoms with Crippen molar-refractivity contribution in [2.24, 2.45) is 5.73 Å². The minimum absolute atomic E-state index is 0.0712. The third-order valence-electron chi connectivity index (χ3n) is 1.53. The Morgan fingerprint density at radius 1 is 1.38 bits per heavy atom. The maximum absolute atomic E-state index is 11.1. The molecule has 0 saturated heterocycles. The van der Waals surface area contributed by atoms with E-state index in [0.29, 0.717) is 5.75 Å². The van der Waals surface area contributed by atoms with Gasteiger partial charge in [0.05, 0.1) is 12.4 Å². The number of nitrogens with two attached hydrogens (primary N) is 1. The van der Waals surface area contributed by atoms with Crippen LogP contribution in [0.25, 0.3) is 0 Å². The molecule has 1 unspecified atom stereocenters. The van der Waals surface area contributed by atoms with Gasteiger partial charge in [0, 0.05) is 12.2 Å². The number of aliphatic hydroxyl groups is 1. The Morgan fingerprint density at radius 3 is 2.44 bits per heavy atom. The van der Waals surface area contributed by atoms with Gasteiger partial charge in [0.15, 0.2) is 0 Å². The summed E-state index contributed by atoms with van der Waals surface area (Å²) in [5, 5.41) is 19.3. The van der Waals surface area contributed by atoms with Crippen molar-refractivity contribution < 1.29 is 24.6 Å². The Kier molecular flexibility index (Phi) is 7.31. The average molecular weight is 250 g/mol. The van der Waals surface area contributed by atoms with E-state index in [1.54, 1.807) is 0 Å². The number of carbonyl (C=O) groups is 3. The quantitative estimate of drug-likeness (QED) is 0.374. The second-order valence-electron chi connectivity index (χ2n) is 2.91. The molecule has 0 radical (unpaired) electrons. The lowest BCUT2D eigenvalue weighted by Crippen LogP contribution is -2.43. The first-order valence-corrected chi connectivity index (χ1v) is 5.62. The number of carboxylic acids is 1. The molecule has 1 atom stereocenters. The van der Waals surface area contributed by atoms with Gasteiger partial charge < -0.3 is 21.3 Å². The number of hydrogen-bond acceptors (Lipinski definition) is 5. The fourth-order valence-corrected chi connectivity index (χ4v) is 1.46. The number of rotatable bonds is 8. The van der Waals surface area contributed by atoms with Gasteiger partial charge in [-0.1, -0.05) is 0 Å². The summed E-state index contributed by atoms with van der Waals surface area (Å²) in [7, 11) is 0. The van der Waals surface area contributed by atoms with Gasteiger partial charge >= 0.3 is 5.97 Å². The van der Waals surface area contributed by atoms with Crippen LogP contribution < -0.4 is 11.1 Å². The van der Waals surface area contributed by atoms with Gasteiger partial charge in [-0.25, -0.2) is 4.79 Å². The number of hydrogen-bond donors (Lipinski definition) is 4. The van der Waals surface area contributed by atoms with Crippen LogP contribution in [0.5, 0.6) is 0 Å². The van der Waals surface area contributed by atoms with Gasteiger partial charge in [-0.05, 0) is 0 Å². The van der Waals surface area contributed by atoms with E-state index in [4.69, 9.17) is 15.9 Å². The molecule has 0 saturated carbocycles. The molecule has 0 aliphatic rings. The molecule has 0 aliphatic carbocycles. The Hall–Kier alpha value is -1.28. The molecule has 0 heterocycles. The van der Waals surface area contributed by atoms with Crippen molar-refractivity contribution in [3.8, 4) is 0 Å². The topological polar surface area (TPSA) is 130 Å². The molecule has 8 heteroatoms. The van der Waals surface area contributed by atoms with Crippen LogP contribution in [-0.2, 0) is 14.4 Å². The lowest BCUT2D eigenvalue weighted by molar-refractivity contribution is -0.142. The fourth-order valence-electron chi connectivity index (χ4n) is 0.790. The van der Waals surface area contributed by atoms with Crippen molar-refractivity contribution >= 4 is 29.5 Å². The minimum atomic E-state index is -1.29. The van der Waals surface area contributed by atoms with Crippen LogP contribution in [0.4, 0.5) is 0 Å². The summed E-state index contributed by atoms with van der Waals surface area (Å²) in [5.41, 5.74) is 4.88. The molecule has 0 spiro atoms. The molecule has 16 heavy (non-hydrogen) atoms. The predicted molar refractivity (Wildman–Crippen MR) is 57.8 cm³/mol. The Morgan fingerprint density at radius 2 is 2.00 bits per heavy atom. The van der Waals surface area contributed by atoms with Gasteiger partial charge in [-0.15, -0.1) is 0 Å². The third kappa shape index (κ3) is 7.07. The zero-order chi connectivity index (χ0) is 12.6. The van der Waals surface area contributed by atoms with E-state index in [9.17, 15) is 14.4 Å². The minimum Gasteiger partial charge on any atom is -0.480 e. The smallest absolute Gasteiger partial charge is 0.328 e. The molecule has 0 rings (SSSR count). The summed E-state index contributed by atoms with van der Waals surface area (Å²) in [5.74, 6) is -1.76. The van der Waals surface area contributed by atoms with Crippen molar-refractivity contribution in [3.05, 3.63) is 0 Å². The second kappa shape index (κ2) is 7.94. The van der Waals surface area contributed by atoms with Crippen molar-refractivity contribution in [1.82, 2.24) is 5.32 Å². The molecular formula is C8H14N2O5S. The summed E-state index contributed by atoms with van der Waals surface area (Å²) in [4.78, 5) is 31.9. The van der Waals surface area contributed by atoms with Crippen LogP contribution in [0.1, 0.15) is 6.42 Å². The Labute approximate surface area is 96.4 Å². The van der Waals surface area contributed by atoms with Crippen LogP contribution in [0.2, 0.25) is 0 Å². The Balaban J connectivity index is 3.73. The molecule has 2 amide bonds.